The van der Waals surface area contributed by atoms with Crippen LogP contribution >= 0.6 is 0 Å². The summed E-state index contributed by atoms with van der Waals surface area (Å²) in [7, 11) is 1.07. The molecule has 0 rings (SSSR count). The van der Waals surface area contributed by atoms with Crippen LogP contribution in [0.5, 0.6) is 0 Å². The van der Waals surface area contributed by atoms with E-state index in [1.165, 1.54) is 0 Å². The van der Waals surface area contributed by atoms with E-state index in [-0.39, 0.29) is 0 Å². The molecule has 0 heterocycles. The molecule has 1 atom stereocenters. The van der Waals surface area contributed by atoms with Gasteiger partial charge in [-0.25, -0.2) is 0 Å². The van der Waals surface area contributed by atoms with E-state index in [0.717, 1.165) is 37.6 Å². The minimum Gasteiger partial charge on any atom is -0.383 e. The third kappa shape index (κ3) is 10.2. The van der Waals surface area contributed by atoms with Crippen LogP contribution in [-0.4, -0.2) is 42.5 Å². The Bertz CT molecular complexity index is 151. The van der Waals surface area contributed by atoms with E-state index in [0.29, 0.717) is 5.92 Å². The second kappa shape index (κ2) is 9.62. The molecule has 0 aromatic rings. The van der Waals surface area contributed by atoms with Crippen LogP contribution < -0.4 is 5.32 Å². The molecule has 0 saturated carbocycles. The number of hydrogen-bond donors (Lipinski definition) is 1. The van der Waals surface area contributed by atoms with Crippen molar-refractivity contribution in [1.29, 1.82) is 0 Å². The summed E-state index contributed by atoms with van der Waals surface area (Å²) in [5, 5.41) is 3.24. The number of ether oxygens (including phenoxy) is 1. The molecule has 3 nitrogen and oxygen atoms in total. The number of nitrogens with one attached hydrogen (secondary N) is 1. The van der Waals surface area contributed by atoms with Gasteiger partial charge in [-0.3, -0.25) is 4.21 Å². The summed E-state index contributed by atoms with van der Waals surface area (Å²) in [6.07, 6.45) is 0.989. The Hall–Kier alpha value is 0.0700. The van der Waals surface area contributed by atoms with Crippen LogP contribution in [0.4, 0.5) is 0 Å². The maximum Gasteiger partial charge on any atom is 0.0587 e. The molecule has 0 amide bonds. The highest BCUT2D eigenvalue weighted by Gasteiger charge is 2.02. The Morgan fingerprint density at radius 2 is 2.07 bits per heavy atom. The number of hydrogen-bond acceptors (Lipinski definition) is 3. The highest BCUT2D eigenvalue weighted by molar-refractivity contribution is 7.84. The molecule has 0 spiro atoms. The first-order chi connectivity index (χ1) is 6.66. The summed E-state index contributed by atoms with van der Waals surface area (Å²) < 4.78 is 16.3. The van der Waals surface area contributed by atoms with Crippen molar-refractivity contribution in [2.75, 3.05) is 38.3 Å². The number of rotatable bonds is 9. The van der Waals surface area contributed by atoms with Crippen molar-refractivity contribution in [3.63, 3.8) is 0 Å². The molecule has 0 aromatic heterocycles. The SMILES string of the molecule is COCCNCCCS(=O)CC(C)C. The van der Waals surface area contributed by atoms with Gasteiger partial charge in [-0.2, -0.15) is 0 Å². The average Bonchev–Trinajstić information content (AvgIpc) is 2.10. The first-order valence-electron chi connectivity index (χ1n) is 5.21. The molecule has 1 N–H and O–H groups in total. The lowest BCUT2D eigenvalue weighted by atomic mass is 10.3. The molecular formula is C10H23NO2S. The summed E-state index contributed by atoms with van der Waals surface area (Å²) >= 11 is 0. The molecule has 0 aliphatic heterocycles. The maximum atomic E-state index is 11.4. The van der Waals surface area contributed by atoms with Gasteiger partial charge in [0.15, 0.2) is 0 Å². The van der Waals surface area contributed by atoms with Gasteiger partial charge in [0.05, 0.1) is 6.61 Å². The monoisotopic (exact) mass is 221 g/mol. The van der Waals surface area contributed by atoms with Crippen molar-refractivity contribution < 1.29 is 8.95 Å². The highest BCUT2D eigenvalue weighted by atomic mass is 32.2. The zero-order chi connectivity index (χ0) is 10.8. The molecule has 1 unspecified atom stereocenters. The van der Waals surface area contributed by atoms with Gasteiger partial charge in [0.1, 0.15) is 0 Å². The lowest BCUT2D eigenvalue weighted by molar-refractivity contribution is 0.199. The van der Waals surface area contributed by atoms with E-state index in [1.54, 1.807) is 7.11 Å². The van der Waals surface area contributed by atoms with Crippen molar-refractivity contribution >= 4 is 10.8 Å². The molecule has 86 valence electrons. The summed E-state index contributed by atoms with van der Waals surface area (Å²) in [5.74, 6) is 2.19. The Kier molecular flexibility index (Phi) is 9.67. The van der Waals surface area contributed by atoms with Crippen molar-refractivity contribution in [3.8, 4) is 0 Å². The minimum atomic E-state index is -0.629. The quantitative estimate of drug-likeness (QED) is 0.591. The smallest absolute Gasteiger partial charge is 0.0587 e. The topological polar surface area (TPSA) is 38.3 Å². The van der Waals surface area contributed by atoms with Gasteiger partial charge >= 0.3 is 0 Å². The molecule has 0 saturated heterocycles. The van der Waals surface area contributed by atoms with Gasteiger partial charge in [-0.1, -0.05) is 13.8 Å². The fourth-order valence-corrected chi connectivity index (χ4v) is 2.49. The van der Waals surface area contributed by atoms with Gasteiger partial charge < -0.3 is 10.1 Å². The number of methoxy groups -OCH3 is 1. The van der Waals surface area contributed by atoms with Crippen LogP contribution in [0.1, 0.15) is 20.3 Å². The van der Waals surface area contributed by atoms with Crippen LogP contribution in [-0.2, 0) is 15.5 Å². The largest absolute Gasteiger partial charge is 0.383 e. The predicted molar refractivity (Wildman–Crippen MR) is 62.1 cm³/mol. The molecular weight excluding hydrogens is 198 g/mol. The maximum absolute atomic E-state index is 11.4. The van der Waals surface area contributed by atoms with Gasteiger partial charge in [0.25, 0.3) is 0 Å². The summed E-state index contributed by atoms with van der Waals surface area (Å²) in [6, 6.07) is 0. The van der Waals surface area contributed by atoms with Crippen LogP contribution in [0.25, 0.3) is 0 Å². The predicted octanol–water partition coefficient (Wildman–Crippen LogP) is 1.02. The minimum absolute atomic E-state index is 0.539. The molecule has 0 radical (unpaired) electrons. The van der Waals surface area contributed by atoms with Crippen molar-refractivity contribution in [3.05, 3.63) is 0 Å². The van der Waals surface area contributed by atoms with E-state index in [2.05, 4.69) is 19.2 Å². The molecule has 0 aliphatic rings. The fourth-order valence-electron chi connectivity index (χ4n) is 1.11. The molecule has 0 bridgehead atoms. The van der Waals surface area contributed by atoms with E-state index >= 15 is 0 Å². The summed E-state index contributed by atoms with van der Waals surface area (Å²) in [5.41, 5.74) is 0. The second-order valence-corrected chi connectivity index (χ2v) is 5.42. The standard InChI is InChI=1S/C10H23NO2S/c1-10(2)9-14(12)8-4-5-11-6-7-13-3/h10-11H,4-9H2,1-3H3. The van der Waals surface area contributed by atoms with Crippen molar-refractivity contribution in [2.24, 2.45) is 5.92 Å². The molecule has 4 heteroatoms. The Morgan fingerprint density at radius 3 is 2.64 bits per heavy atom. The third-order valence-corrected chi connectivity index (χ3v) is 3.51. The normalized spacial score (nSPS) is 13.4. The zero-order valence-electron chi connectivity index (χ0n) is 9.54. The highest BCUT2D eigenvalue weighted by Crippen LogP contribution is 1.97. The van der Waals surface area contributed by atoms with Gasteiger partial charge in [0.2, 0.25) is 0 Å². The average molecular weight is 221 g/mol. The second-order valence-electron chi connectivity index (χ2n) is 3.80. The lowest BCUT2D eigenvalue weighted by Crippen LogP contribution is -2.22. The molecule has 0 aliphatic carbocycles. The molecule has 0 aromatic carbocycles. The van der Waals surface area contributed by atoms with Gasteiger partial charge in [-0.15, -0.1) is 0 Å². The van der Waals surface area contributed by atoms with Gasteiger partial charge in [-0.05, 0) is 18.9 Å². The van der Waals surface area contributed by atoms with E-state index < -0.39 is 10.8 Å². The van der Waals surface area contributed by atoms with E-state index in [1.807, 2.05) is 0 Å². The van der Waals surface area contributed by atoms with Gasteiger partial charge in [0, 0.05) is 36.0 Å². The van der Waals surface area contributed by atoms with Crippen molar-refractivity contribution in [2.45, 2.75) is 20.3 Å². The van der Waals surface area contributed by atoms with Crippen LogP contribution in [0, 0.1) is 5.92 Å². The Morgan fingerprint density at radius 1 is 1.36 bits per heavy atom. The fraction of sp³-hybridized carbons (Fsp3) is 1.00. The third-order valence-electron chi connectivity index (χ3n) is 1.73. The van der Waals surface area contributed by atoms with Crippen LogP contribution in [0.3, 0.4) is 0 Å². The Balaban J connectivity index is 3.15. The van der Waals surface area contributed by atoms with Crippen LogP contribution in [0.2, 0.25) is 0 Å². The van der Waals surface area contributed by atoms with E-state index in [4.69, 9.17) is 4.74 Å². The molecule has 14 heavy (non-hydrogen) atoms. The summed E-state index contributed by atoms with van der Waals surface area (Å²) in [6.45, 7) is 6.78. The molecule has 0 fully saturated rings. The zero-order valence-corrected chi connectivity index (χ0v) is 10.4. The van der Waals surface area contributed by atoms with Crippen LogP contribution in [0.15, 0.2) is 0 Å². The first-order valence-corrected chi connectivity index (χ1v) is 6.70. The first kappa shape index (κ1) is 14.1. The van der Waals surface area contributed by atoms with Crippen molar-refractivity contribution in [1.82, 2.24) is 5.32 Å². The summed E-state index contributed by atoms with van der Waals surface area (Å²) in [4.78, 5) is 0. The van der Waals surface area contributed by atoms with E-state index in [9.17, 15) is 4.21 Å². The lowest BCUT2D eigenvalue weighted by Gasteiger charge is -2.05. The Labute approximate surface area is 90.1 Å².